The zero-order chi connectivity index (χ0) is 14.0. The fourth-order valence-corrected chi connectivity index (χ4v) is 2.03. The molecule has 2 unspecified atom stereocenters. The lowest BCUT2D eigenvalue weighted by atomic mass is 10.1. The Morgan fingerprint density at radius 2 is 2.21 bits per heavy atom. The number of aromatic nitrogens is 1. The average molecular weight is 264 g/mol. The molecule has 102 valence electrons. The van der Waals surface area contributed by atoms with E-state index in [1.165, 1.54) is 18.3 Å². The lowest BCUT2D eigenvalue weighted by Gasteiger charge is -2.36. The molecule has 2 heterocycles. The summed E-state index contributed by atoms with van der Waals surface area (Å²) in [6, 6.07) is 2.81. The van der Waals surface area contributed by atoms with Crippen LogP contribution in [0.25, 0.3) is 0 Å². The van der Waals surface area contributed by atoms with Gasteiger partial charge >= 0.3 is 5.97 Å². The Balaban J connectivity index is 2.23. The molecule has 1 aromatic heterocycles. The number of carbonyl (C=O) groups is 2. The minimum atomic E-state index is -1.14. The van der Waals surface area contributed by atoms with Crippen molar-refractivity contribution in [3.63, 3.8) is 0 Å². The lowest BCUT2D eigenvalue weighted by molar-refractivity contribution is -0.0387. The molecule has 0 bridgehead atoms. The molecule has 0 saturated carbocycles. The van der Waals surface area contributed by atoms with Crippen LogP contribution in [0.5, 0.6) is 0 Å². The van der Waals surface area contributed by atoms with Crippen LogP contribution in [0.2, 0.25) is 0 Å². The molecule has 1 aliphatic heterocycles. The van der Waals surface area contributed by atoms with E-state index < -0.39 is 5.97 Å². The van der Waals surface area contributed by atoms with Crippen LogP contribution in [0.1, 0.15) is 34.7 Å². The number of hydrogen-bond donors (Lipinski definition) is 1. The molecule has 6 nitrogen and oxygen atoms in total. The van der Waals surface area contributed by atoms with Crippen LogP contribution in [0, 0.1) is 0 Å². The van der Waals surface area contributed by atoms with E-state index in [4.69, 9.17) is 9.84 Å². The summed E-state index contributed by atoms with van der Waals surface area (Å²) >= 11 is 0. The zero-order valence-electron chi connectivity index (χ0n) is 10.9. The van der Waals surface area contributed by atoms with E-state index in [-0.39, 0.29) is 23.7 Å². The van der Waals surface area contributed by atoms with Crippen molar-refractivity contribution in [1.82, 2.24) is 9.88 Å². The van der Waals surface area contributed by atoms with Crippen molar-refractivity contribution in [1.29, 1.82) is 0 Å². The fourth-order valence-electron chi connectivity index (χ4n) is 2.03. The molecule has 1 fully saturated rings. The highest BCUT2D eigenvalue weighted by Gasteiger charge is 2.28. The highest BCUT2D eigenvalue weighted by atomic mass is 16.5. The van der Waals surface area contributed by atoms with Crippen molar-refractivity contribution in [2.24, 2.45) is 0 Å². The topological polar surface area (TPSA) is 79.7 Å². The molecule has 19 heavy (non-hydrogen) atoms. The van der Waals surface area contributed by atoms with Gasteiger partial charge < -0.3 is 14.7 Å². The highest BCUT2D eigenvalue weighted by molar-refractivity contribution is 5.96. The molecule has 1 N–H and O–H groups in total. The van der Waals surface area contributed by atoms with E-state index in [0.29, 0.717) is 18.7 Å². The number of carbonyl (C=O) groups excluding carboxylic acids is 1. The van der Waals surface area contributed by atoms with Gasteiger partial charge in [-0.3, -0.25) is 4.79 Å². The van der Waals surface area contributed by atoms with Gasteiger partial charge in [-0.15, -0.1) is 0 Å². The largest absolute Gasteiger partial charge is 0.477 e. The number of nitrogens with zero attached hydrogens (tertiary/aromatic N) is 2. The first-order chi connectivity index (χ1) is 8.99. The summed E-state index contributed by atoms with van der Waals surface area (Å²) in [6.07, 6.45) is 1.33. The molecule has 0 spiro atoms. The molecular formula is C13H16N2O4. The number of aromatic carboxylic acids is 1. The molecule has 0 radical (unpaired) electrons. The van der Waals surface area contributed by atoms with Crippen molar-refractivity contribution in [2.45, 2.75) is 26.0 Å². The third kappa shape index (κ3) is 2.90. The van der Waals surface area contributed by atoms with Crippen molar-refractivity contribution in [3.05, 3.63) is 29.6 Å². The molecule has 6 heteroatoms. The number of ether oxygens (including phenoxy) is 1. The van der Waals surface area contributed by atoms with Gasteiger partial charge in [0.2, 0.25) is 0 Å². The second kappa shape index (κ2) is 5.36. The second-order valence-corrected chi connectivity index (χ2v) is 4.69. The molecule has 1 aliphatic rings. The number of carboxylic acid groups (broad SMARTS) is 1. The van der Waals surface area contributed by atoms with Crippen LogP contribution in [0.3, 0.4) is 0 Å². The SMILES string of the molecule is CC1CN(C(=O)c2ccnc(C(=O)O)c2)C(C)CO1. The smallest absolute Gasteiger partial charge is 0.354 e. The van der Waals surface area contributed by atoms with Gasteiger partial charge in [-0.25, -0.2) is 9.78 Å². The standard InChI is InChI=1S/C13H16N2O4/c1-8-7-19-9(2)6-15(8)12(16)10-3-4-14-11(5-10)13(17)18/h3-5,8-9H,6-7H2,1-2H3,(H,17,18). The van der Waals surface area contributed by atoms with Gasteiger partial charge in [0.15, 0.2) is 0 Å². The van der Waals surface area contributed by atoms with Crippen LogP contribution >= 0.6 is 0 Å². The van der Waals surface area contributed by atoms with Gasteiger partial charge in [-0.1, -0.05) is 0 Å². The number of amides is 1. The molecule has 2 rings (SSSR count). The summed E-state index contributed by atoms with van der Waals surface area (Å²) in [7, 11) is 0. The summed E-state index contributed by atoms with van der Waals surface area (Å²) in [6.45, 7) is 4.80. The van der Waals surface area contributed by atoms with E-state index in [1.807, 2.05) is 13.8 Å². The number of carboxylic acids is 1. The summed E-state index contributed by atoms with van der Waals surface area (Å²) in [5, 5.41) is 8.89. The summed E-state index contributed by atoms with van der Waals surface area (Å²) in [5.74, 6) is -1.33. The fraction of sp³-hybridized carbons (Fsp3) is 0.462. The Kier molecular flexibility index (Phi) is 3.80. The number of morpholine rings is 1. The first kappa shape index (κ1) is 13.5. The predicted octanol–water partition coefficient (Wildman–Crippen LogP) is 1.03. The van der Waals surface area contributed by atoms with E-state index >= 15 is 0 Å². The Bertz CT molecular complexity index is 503. The van der Waals surface area contributed by atoms with Crippen LogP contribution < -0.4 is 0 Å². The van der Waals surface area contributed by atoms with Crippen molar-refractivity contribution >= 4 is 11.9 Å². The van der Waals surface area contributed by atoms with Crippen LogP contribution in [-0.2, 0) is 4.74 Å². The lowest BCUT2D eigenvalue weighted by Crippen LogP contribution is -2.50. The monoisotopic (exact) mass is 264 g/mol. The first-order valence-corrected chi connectivity index (χ1v) is 6.11. The highest BCUT2D eigenvalue weighted by Crippen LogP contribution is 2.15. The maximum absolute atomic E-state index is 12.4. The third-order valence-electron chi connectivity index (χ3n) is 3.09. The van der Waals surface area contributed by atoms with Crippen molar-refractivity contribution in [2.75, 3.05) is 13.2 Å². The Hall–Kier alpha value is -1.95. The van der Waals surface area contributed by atoms with Gasteiger partial charge in [-0.2, -0.15) is 0 Å². The van der Waals surface area contributed by atoms with Crippen LogP contribution in [-0.4, -0.2) is 52.2 Å². The number of rotatable bonds is 2. The molecule has 1 aromatic rings. The van der Waals surface area contributed by atoms with Crippen molar-refractivity contribution < 1.29 is 19.4 Å². The maximum atomic E-state index is 12.4. The zero-order valence-corrected chi connectivity index (χ0v) is 10.9. The Morgan fingerprint density at radius 3 is 2.89 bits per heavy atom. The Morgan fingerprint density at radius 1 is 1.47 bits per heavy atom. The number of hydrogen-bond acceptors (Lipinski definition) is 4. The minimum Gasteiger partial charge on any atom is -0.477 e. The Labute approximate surface area is 111 Å². The quantitative estimate of drug-likeness (QED) is 0.863. The van der Waals surface area contributed by atoms with Crippen molar-refractivity contribution in [3.8, 4) is 0 Å². The summed E-state index contributed by atoms with van der Waals surface area (Å²) in [5.41, 5.74) is 0.216. The predicted molar refractivity (Wildman–Crippen MR) is 67.1 cm³/mol. The van der Waals surface area contributed by atoms with Gasteiger partial charge in [0.05, 0.1) is 18.8 Å². The average Bonchev–Trinajstić information content (AvgIpc) is 2.41. The second-order valence-electron chi connectivity index (χ2n) is 4.69. The minimum absolute atomic E-state index is 0.0130. The van der Waals surface area contributed by atoms with Gasteiger partial charge in [0, 0.05) is 18.3 Å². The first-order valence-electron chi connectivity index (χ1n) is 6.11. The van der Waals surface area contributed by atoms with Gasteiger partial charge in [0.25, 0.3) is 5.91 Å². The van der Waals surface area contributed by atoms with E-state index in [9.17, 15) is 9.59 Å². The van der Waals surface area contributed by atoms with E-state index in [1.54, 1.807) is 4.90 Å². The normalized spacial score (nSPS) is 23.2. The maximum Gasteiger partial charge on any atom is 0.354 e. The molecular weight excluding hydrogens is 248 g/mol. The summed E-state index contributed by atoms with van der Waals surface area (Å²) in [4.78, 5) is 28.7. The van der Waals surface area contributed by atoms with E-state index in [0.717, 1.165) is 0 Å². The molecule has 0 aliphatic carbocycles. The van der Waals surface area contributed by atoms with E-state index in [2.05, 4.69) is 4.98 Å². The van der Waals surface area contributed by atoms with Gasteiger partial charge in [0.1, 0.15) is 5.69 Å². The van der Waals surface area contributed by atoms with Gasteiger partial charge in [-0.05, 0) is 26.0 Å². The molecule has 1 amide bonds. The molecule has 2 atom stereocenters. The molecule has 0 aromatic carbocycles. The van der Waals surface area contributed by atoms with Crippen LogP contribution in [0.4, 0.5) is 0 Å². The third-order valence-corrected chi connectivity index (χ3v) is 3.09. The van der Waals surface area contributed by atoms with Crippen LogP contribution in [0.15, 0.2) is 18.3 Å². The number of pyridine rings is 1. The summed E-state index contributed by atoms with van der Waals surface area (Å²) < 4.78 is 5.47. The molecule has 1 saturated heterocycles.